The number of H-pyrrole nitrogens is 1. The van der Waals surface area contributed by atoms with Crippen molar-refractivity contribution in [2.24, 2.45) is 0 Å². The molecule has 1 aliphatic heterocycles. The van der Waals surface area contributed by atoms with Crippen LogP contribution in [-0.2, 0) is 29.5 Å². The van der Waals surface area contributed by atoms with Crippen LogP contribution in [0.3, 0.4) is 0 Å². The van der Waals surface area contributed by atoms with Gasteiger partial charge in [-0.15, -0.1) is 5.10 Å². The molecule has 0 fully saturated rings. The van der Waals surface area contributed by atoms with Gasteiger partial charge in [0.2, 0.25) is 10.0 Å². The first-order valence-corrected chi connectivity index (χ1v) is 12.0. The number of nitrogens with one attached hydrogen (secondary N) is 2. The fraction of sp³-hybridized carbons (Fsp3) is 0.333. The predicted molar refractivity (Wildman–Crippen MR) is 116 cm³/mol. The van der Waals surface area contributed by atoms with E-state index in [2.05, 4.69) is 35.0 Å². The van der Waals surface area contributed by atoms with E-state index in [1.54, 1.807) is 12.3 Å². The zero-order valence-corrected chi connectivity index (χ0v) is 18.5. The molecule has 0 spiro atoms. The van der Waals surface area contributed by atoms with Crippen molar-refractivity contribution in [1.82, 2.24) is 39.7 Å². The number of hydrogen-bond acceptors (Lipinski definition) is 6. The highest BCUT2D eigenvalue weighted by atomic mass is 35.5. The van der Waals surface area contributed by atoms with Gasteiger partial charge in [0.05, 0.1) is 34.1 Å². The molecule has 0 saturated heterocycles. The molecule has 2 N–H and O–H groups in total. The number of halogens is 2. The maximum absolute atomic E-state index is 12.6. The molecule has 0 radical (unpaired) electrons. The zero-order valence-electron chi connectivity index (χ0n) is 16.2. The Morgan fingerprint density at radius 2 is 2.16 bits per heavy atom. The smallest absolute Gasteiger partial charge is 0.213 e. The van der Waals surface area contributed by atoms with Crippen molar-refractivity contribution in [3.05, 3.63) is 46.6 Å². The fourth-order valence-electron chi connectivity index (χ4n) is 4.13. The molecule has 4 heterocycles. The summed E-state index contributed by atoms with van der Waals surface area (Å²) >= 11 is 12.9. The molecule has 31 heavy (non-hydrogen) atoms. The highest BCUT2D eigenvalue weighted by molar-refractivity contribution is 7.89. The van der Waals surface area contributed by atoms with Crippen molar-refractivity contribution < 1.29 is 8.42 Å². The van der Waals surface area contributed by atoms with Crippen LogP contribution in [0.5, 0.6) is 0 Å². The Hall–Kier alpha value is -2.47. The van der Waals surface area contributed by atoms with Crippen molar-refractivity contribution in [1.29, 1.82) is 0 Å². The molecule has 0 amide bonds. The van der Waals surface area contributed by atoms with E-state index < -0.39 is 10.0 Å². The van der Waals surface area contributed by atoms with Crippen molar-refractivity contribution in [2.75, 3.05) is 5.75 Å². The first-order chi connectivity index (χ1) is 14.9. The second-order valence-corrected chi connectivity index (χ2v) is 10.1. The van der Waals surface area contributed by atoms with Crippen LogP contribution in [0.25, 0.3) is 22.0 Å². The number of sulfonamides is 1. The van der Waals surface area contributed by atoms with E-state index in [0.29, 0.717) is 29.4 Å². The Morgan fingerprint density at radius 1 is 1.29 bits per heavy atom. The van der Waals surface area contributed by atoms with Crippen LogP contribution in [0.15, 0.2) is 30.9 Å². The molecule has 0 aliphatic carbocycles. The fourth-order valence-corrected chi connectivity index (χ4v) is 5.80. The standard InChI is InChI=1S/C18H18Cl2N8O2S/c19-14-3-2-13-16(11-7-21-22-8-11)15-4-1-12(9-28(15)18(13)17(14)20)24-31(29,30)6-5-27-10-23-25-26-27/h2-3,7-8,10,12,24H,1,4-6,9H2,(H,21,22). The summed E-state index contributed by atoms with van der Waals surface area (Å²) in [5, 5.41) is 19.5. The van der Waals surface area contributed by atoms with E-state index in [1.165, 1.54) is 11.0 Å². The molecule has 1 unspecified atom stereocenters. The summed E-state index contributed by atoms with van der Waals surface area (Å²) in [5.74, 6) is -0.110. The van der Waals surface area contributed by atoms with E-state index in [4.69, 9.17) is 23.2 Å². The Balaban J connectivity index is 1.47. The number of fused-ring (bicyclic) bond motifs is 3. The van der Waals surface area contributed by atoms with E-state index in [-0.39, 0.29) is 18.3 Å². The lowest BCUT2D eigenvalue weighted by molar-refractivity contribution is 0.433. The molecule has 162 valence electrons. The highest BCUT2D eigenvalue weighted by Crippen LogP contribution is 2.42. The highest BCUT2D eigenvalue weighted by Gasteiger charge is 2.29. The van der Waals surface area contributed by atoms with E-state index in [0.717, 1.165) is 27.7 Å². The quantitative estimate of drug-likeness (QED) is 0.436. The Labute approximate surface area is 187 Å². The minimum Gasteiger partial charge on any atom is -0.341 e. The number of aryl methyl sites for hydroxylation is 1. The third kappa shape index (κ3) is 3.82. The summed E-state index contributed by atoms with van der Waals surface area (Å²) in [7, 11) is -3.52. The van der Waals surface area contributed by atoms with Crippen LogP contribution in [0.1, 0.15) is 12.1 Å². The summed E-state index contributed by atoms with van der Waals surface area (Å²) in [5.41, 5.74) is 3.89. The number of aromatic amines is 1. The topological polar surface area (TPSA) is 123 Å². The maximum atomic E-state index is 12.6. The summed E-state index contributed by atoms with van der Waals surface area (Å²) in [6.45, 7) is 0.632. The van der Waals surface area contributed by atoms with Gasteiger partial charge in [0.15, 0.2) is 0 Å². The summed E-state index contributed by atoms with van der Waals surface area (Å²) in [6, 6.07) is 3.46. The Morgan fingerprint density at radius 3 is 2.90 bits per heavy atom. The summed E-state index contributed by atoms with van der Waals surface area (Å²) in [6.07, 6.45) is 6.34. The van der Waals surface area contributed by atoms with Crippen molar-refractivity contribution >= 4 is 44.1 Å². The molecule has 4 aromatic rings. The van der Waals surface area contributed by atoms with Crippen molar-refractivity contribution in [2.45, 2.75) is 32.0 Å². The Bertz CT molecular complexity index is 1330. The van der Waals surface area contributed by atoms with Gasteiger partial charge < -0.3 is 4.57 Å². The minimum absolute atomic E-state index is 0.110. The number of benzene rings is 1. The molecule has 3 aromatic heterocycles. The van der Waals surface area contributed by atoms with Crippen LogP contribution in [0.4, 0.5) is 0 Å². The molecule has 1 atom stereocenters. The van der Waals surface area contributed by atoms with Gasteiger partial charge in [-0.3, -0.25) is 5.10 Å². The van der Waals surface area contributed by atoms with Crippen LogP contribution in [0.2, 0.25) is 10.0 Å². The van der Waals surface area contributed by atoms with Gasteiger partial charge in [-0.05, 0) is 29.3 Å². The SMILES string of the molecule is O=S(=O)(CCn1cnnn1)NC1CCc2c(-c3cn[nH]c3)c3ccc(Cl)c(Cl)c3n2C1. The van der Waals surface area contributed by atoms with E-state index >= 15 is 0 Å². The van der Waals surface area contributed by atoms with Crippen LogP contribution >= 0.6 is 23.2 Å². The number of aromatic nitrogens is 7. The Kier molecular flexibility index (Phi) is 5.21. The van der Waals surface area contributed by atoms with Crippen LogP contribution in [-0.4, -0.2) is 55.2 Å². The number of tetrazole rings is 1. The lowest BCUT2D eigenvalue weighted by Gasteiger charge is -2.27. The maximum Gasteiger partial charge on any atom is 0.213 e. The monoisotopic (exact) mass is 480 g/mol. The van der Waals surface area contributed by atoms with Crippen LogP contribution < -0.4 is 4.72 Å². The minimum atomic E-state index is -3.52. The van der Waals surface area contributed by atoms with Gasteiger partial charge in [0, 0.05) is 41.0 Å². The van der Waals surface area contributed by atoms with Crippen LogP contribution in [0, 0.1) is 0 Å². The normalized spacial score (nSPS) is 16.6. The largest absolute Gasteiger partial charge is 0.341 e. The van der Waals surface area contributed by atoms with Gasteiger partial charge in [0.1, 0.15) is 6.33 Å². The predicted octanol–water partition coefficient (Wildman–Crippen LogP) is 2.26. The first kappa shape index (κ1) is 20.4. The molecule has 5 rings (SSSR count). The average molecular weight is 481 g/mol. The molecular formula is C18H18Cl2N8O2S. The third-order valence-corrected chi connectivity index (χ3v) is 7.68. The molecule has 0 bridgehead atoms. The van der Waals surface area contributed by atoms with E-state index in [9.17, 15) is 8.42 Å². The van der Waals surface area contributed by atoms with Gasteiger partial charge >= 0.3 is 0 Å². The molecule has 13 heteroatoms. The van der Waals surface area contributed by atoms with E-state index in [1.807, 2.05) is 12.3 Å². The number of nitrogens with zero attached hydrogens (tertiary/aromatic N) is 6. The second kappa shape index (κ2) is 7.90. The van der Waals surface area contributed by atoms with Crippen molar-refractivity contribution in [3.63, 3.8) is 0 Å². The summed E-state index contributed by atoms with van der Waals surface area (Å²) < 4.78 is 31.5. The van der Waals surface area contributed by atoms with Gasteiger partial charge in [-0.1, -0.05) is 29.3 Å². The molecule has 10 nitrogen and oxygen atoms in total. The zero-order chi connectivity index (χ0) is 21.6. The first-order valence-electron chi connectivity index (χ1n) is 9.62. The number of rotatable bonds is 6. The second-order valence-electron chi connectivity index (χ2n) is 7.42. The van der Waals surface area contributed by atoms with Gasteiger partial charge in [-0.25, -0.2) is 17.8 Å². The molecule has 1 aliphatic rings. The number of hydrogen-bond donors (Lipinski definition) is 2. The van der Waals surface area contributed by atoms with Crippen molar-refractivity contribution in [3.8, 4) is 11.1 Å². The molecule has 0 saturated carbocycles. The lowest BCUT2D eigenvalue weighted by Crippen LogP contribution is -2.42. The average Bonchev–Trinajstić information content (AvgIpc) is 3.49. The lowest BCUT2D eigenvalue weighted by atomic mass is 9.99. The molecule has 1 aromatic carbocycles. The third-order valence-electron chi connectivity index (χ3n) is 5.47. The van der Waals surface area contributed by atoms with Gasteiger partial charge in [-0.2, -0.15) is 5.10 Å². The molecular weight excluding hydrogens is 463 g/mol. The van der Waals surface area contributed by atoms with Gasteiger partial charge in [0.25, 0.3) is 0 Å². The summed E-state index contributed by atoms with van der Waals surface area (Å²) in [4.78, 5) is 0.